The van der Waals surface area contributed by atoms with Gasteiger partial charge in [-0.2, -0.15) is 5.10 Å². The van der Waals surface area contributed by atoms with E-state index in [1.165, 1.54) is 16.8 Å². The van der Waals surface area contributed by atoms with Crippen molar-refractivity contribution in [2.45, 2.75) is 19.5 Å². The van der Waals surface area contributed by atoms with E-state index in [1.54, 1.807) is 24.5 Å². The molecule has 3 N–H and O–H groups in total. The van der Waals surface area contributed by atoms with E-state index in [0.717, 1.165) is 11.3 Å². The van der Waals surface area contributed by atoms with E-state index in [2.05, 4.69) is 10.4 Å². The van der Waals surface area contributed by atoms with Crippen molar-refractivity contribution in [1.82, 2.24) is 9.78 Å². The number of nitrogens with zero attached hydrogens (tertiary/aromatic N) is 3. The molecule has 1 unspecified atom stereocenters. The number of primary amides is 1. The van der Waals surface area contributed by atoms with Crippen molar-refractivity contribution >= 4 is 17.3 Å². The highest BCUT2D eigenvalue weighted by atomic mass is 16.6. The topological polar surface area (TPSA) is 116 Å². The number of anilines is 1. The average molecular weight is 289 g/mol. The number of rotatable bonds is 6. The average Bonchev–Trinajstić information content (AvgIpc) is 2.85. The second-order valence-electron chi connectivity index (χ2n) is 4.61. The van der Waals surface area contributed by atoms with E-state index in [1.807, 2.05) is 6.92 Å². The zero-order valence-corrected chi connectivity index (χ0v) is 11.4. The summed E-state index contributed by atoms with van der Waals surface area (Å²) in [5.41, 5.74) is 6.79. The molecule has 1 amide bonds. The predicted octanol–water partition coefficient (Wildman–Crippen LogP) is 1.45. The van der Waals surface area contributed by atoms with Crippen LogP contribution in [0.2, 0.25) is 0 Å². The summed E-state index contributed by atoms with van der Waals surface area (Å²) >= 11 is 0. The molecule has 8 heteroatoms. The Morgan fingerprint density at radius 2 is 2.14 bits per heavy atom. The second-order valence-corrected chi connectivity index (χ2v) is 4.61. The number of amides is 1. The summed E-state index contributed by atoms with van der Waals surface area (Å²) < 4.78 is 1.44. The van der Waals surface area contributed by atoms with Crippen LogP contribution in [0.3, 0.4) is 0 Å². The highest BCUT2D eigenvalue weighted by molar-refractivity contribution is 5.73. The Morgan fingerprint density at radius 3 is 2.71 bits per heavy atom. The molecular formula is C13H15N5O3. The van der Waals surface area contributed by atoms with Crippen LogP contribution in [0.25, 0.3) is 0 Å². The number of aromatic nitrogens is 2. The zero-order chi connectivity index (χ0) is 15.4. The van der Waals surface area contributed by atoms with Crippen LogP contribution in [0, 0.1) is 10.1 Å². The Hall–Kier alpha value is -2.90. The number of non-ortho nitro benzene ring substituents is 1. The highest BCUT2D eigenvalue weighted by Gasteiger charge is 2.10. The lowest BCUT2D eigenvalue weighted by Gasteiger charge is -2.13. The van der Waals surface area contributed by atoms with Gasteiger partial charge in [-0.05, 0) is 12.5 Å². The van der Waals surface area contributed by atoms with Crippen molar-refractivity contribution < 1.29 is 9.72 Å². The molecule has 0 fully saturated rings. The lowest BCUT2D eigenvalue weighted by Crippen LogP contribution is -2.18. The summed E-state index contributed by atoms with van der Waals surface area (Å²) in [5.74, 6) is -0.465. The molecule has 0 spiro atoms. The fourth-order valence-corrected chi connectivity index (χ4v) is 1.90. The van der Waals surface area contributed by atoms with Crippen LogP contribution in [-0.4, -0.2) is 20.6 Å². The summed E-state index contributed by atoms with van der Waals surface area (Å²) in [6.45, 7) is 1.94. The Balaban J connectivity index is 2.03. The van der Waals surface area contributed by atoms with Crippen LogP contribution in [0.15, 0.2) is 36.7 Å². The fourth-order valence-electron chi connectivity index (χ4n) is 1.90. The van der Waals surface area contributed by atoms with Gasteiger partial charge in [-0.1, -0.05) is 12.1 Å². The first kappa shape index (κ1) is 14.5. The number of carbonyl (C=O) groups excluding carboxylic acids is 1. The molecule has 2 rings (SSSR count). The molecule has 110 valence electrons. The minimum absolute atomic E-state index is 0.0214. The van der Waals surface area contributed by atoms with Crippen LogP contribution < -0.4 is 11.1 Å². The molecule has 2 aromatic rings. The molecule has 8 nitrogen and oxygen atoms in total. The molecule has 0 aliphatic rings. The minimum Gasteiger partial charge on any atom is -0.376 e. The molecular weight excluding hydrogens is 274 g/mol. The van der Waals surface area contributed by atoms with Crippen molar-refractivity contribution in [1.29, 1.82) is 0 Å². The maximum absolute atomic E-state index is 10.8. The number of nitrogens with two attached hydrogens (primary N) is 1. The lowest BCUT2D eigenvalue weighted by atomic mass is 10.1. The molecule has 0 aliphatic carbocycles. The van der Waals surface area contributed by atoms with Crippen molar-refractivity contribution in [2.24, 2.45) is 5.73 Å². The van der Waals surface area contributed by atoms with Crippen molar-refractivity contribution in [3.63, 3.8) is 0 Å². The highest BCUT2D eigenvalue weighted by Crippen LogP contribution is 2.21. The summed E-state index contributed by atoms with van der Waals surface area (Å²) in [6, 6.07) is 6.26. The molecule has 0 saturated carbocycles. The van der Waals surface area contributed by atoms with Gasteiger partial charge in [-0.3, -0.25) is 19.6 Å². The van der Waals surface area contributed by atoms with Gasteiger partial charge in [0.05, 0.1) is 16.8 Å². The Bertz CT molecular complexity index is 650. The molecule has 1 aromatic carbocycles. The van der Waals surface area contributed by atoms with Gasteiger partial charge in [0, 0.05) is 24.4 Å². The largest absolute Gasteiger partial charge is 0.376 e. The SMILES string of the molecule is CC(Nc1cnn(CC(N)=O)c1)c1ccc([N+](=O)[O-])cc1. The first-order valence-electron chi connectivity index (χ1n) is 6.27. The quantitative estimate of drug-likeness (QED) is 0.616. The molecule has 21 heavy (non-hydrogen) atoms. The number of nitro groups is 1. The summed E-state index contributed by atoms with van der Waals surface area (Å²) in [5, 5.41) is 17.8. The number of benzene rings is 1. The third-order valence-electron chi connectivity index (χ3n) is 2.94. The standard InChI is InChI=1S/C13H15N5O3/c1-9(10-2-4-12(5-3-10)18(20)21)16-11-6-15-17(7-11)8-13(14)19/h2-7,9,16H,8H2,1H3,(H2,14,19). The van der Waals surface area contributed by atoms with E-state index in [4.69, 9.17) is 5.73 Å². The number of nitrogens with one attached hydrogen (secondary N) is 1. The molecule has 0 bridgehead atoms. The fraction of sp³-hybridized carbons (Fsp3) is 0.231. The molecule has 0 radical (unpaired) electrons. The Morgan fingerprint density at radius 1 is 1.48 bits per heavy atom. The summed E-state index contributed by atoms with van der Waals surface area (Å²) in [7, 11) is 0. The van der Waals surface area contributed by atoms with Crippen LogP contribution in [0.5, 0.6) is 0 Å². The Kier molecular flexibility index (Phi) is 4.17. The van der Waals surface area contributed by atoms with Gasteiger partial charge in [0.15, 0.2) is 0 Å². The third kappa shape index (κ3) is 3.78. The second kappa shape index (κ2) is 6.04. The van der Waals surface area contributed by atoms with E-state index in [-0.39, 0.29) is 18.3 Å². The first-order chi connectivity index (χ1) is 9.95. The van der Waals surface area contributed by atoms with Gasteiger partial charge in [0.25, 0.3) is 5.69 Å². The molecule has 0 saturated heterocycles. The monoisotopic (exact) mass is 289 g/mol. The van der Waals surface area contributed by atoms with Crippen LogP contribution >= 0.6 is 0 Å². The molecule has 0 aliphatic heterocycles. The molecule has 1 heterocycles. The van der Waals surface area contributed by atoms with E-state index >= 15 is 0 Å². The lowest BCUT2D eigenvalue weighted by molar-refractivity contribution is -0.384. The van der Waals surface area contributed by atoms with Crippen molar-refractivity contribution in [3.8, 4) is 0 Å². The molecule has 1 atom stereocenters. The maximum Gasteiger partial charge on any atom is 0.269 e. The van der Waals surface area contributed by atoms with E-state index in [0.29, 0.717) is 0 Å². The number of carbonyl (C=O) groups is 1. The third-order valence-corrected chi connectivity index (χ3v) is 2.94. The zero-order valence-electron chi connectivity index (χ0n) is 11.4. The van der Waals surface area contributed by atoms with Crippen LogP contribution in [0.4, 0.5) is 11.4 Å². The smallest absolute Gasteiger partial charge is 0.269 e. The number of hydrogen-bond acceptors (Lipinski definition) is 5. The summed E-state index contributed by atoms with van der Waals surface area (Å²) in [4.78, 5) is 21.0. The number of nitro benzene ring substituents is 1. The van der Waals surface area contributed by atoms with Crippen LogP contribution in [-0.2, 0) is 11.3 Å². The molecule has 1 aromatic heterocycles. The van der Waals surface area contributed by atoms with Crippen molar-refractivity contribution in [2.75, 3.05) is 5.32 Å². The normalized spacial score (nSPS) is 11.9. The van der Waals surface area contributed by atoms with Gasteiger partial charge in [0.2, 0.25) is 5.91 Å². The van der Waals surface area contributed by atoms with Gasteiger partial charge in [-0.15, -0.1) is 0 Å². The van der Waals surface area contributed by atoms with Gasteiger partial charge in [-0.25, -0.2) is 0 Å². The van der Waals surface area contributed by atoms with Crippen molar-refractivity contribution in [3.05, 3.63) is 52.3 Å². The van der Waals surface area contributed by atoms with Gasteiger partial charge < -0.3 is 11.1 Å². The van der Waals surface area contributed by atoms with Gasteiger partial charge in [0.1, 0.15) is 6.54 Å². The van der Waals surface area contributed by atoms with Gasteiger partial charge >= 0.3 is 0 Å². The minimum atomic E-state index is -0.465. The number of hydrogen-bond donors (Lipinski definition) is 2. The van der Waals surface area contributed by atoms with Crippen LogP contribution in [0.1, 0.15) is 18.5 Å². The summed E-state index contributed by atoms with van der Waals surface area (Å²) in [6.07, 6.45) is 3.26. The first-order valence-corrected chi connectivity index (χ1v) is 6.27. The maximum atomic E-state index is 10.8. The Labute approximate surface area is 120 Å². The predicted molar refractivity (Wildman–Crippen MR) is 76.6 cm³/mol. The van der Waals surface area contributed by atoms with E-state index in [9.17, 15) is 14.9 Å². The van der Waals surface area contributed by atoms with E-state index < -0.39 is 10.8 Å².